The molecule has 136 valence electrons. The van der Waals surface area contributed by atoms with Crippen molar-refractivity contribution in [3.8, 4) is 17.3 Å². The molecule has 1 aromatic carbocycles. The minimum absolute atomic E-state index is 0.124. The van der Waals surface area contributed by atoms with Crippen molar-refractivity contribution in [1.82, 2.24) is 14.9 Å². The van der Waals surface area contributed by atoms with Crippen molar-refractivity contribution in [1.29, 1.82) is 0 Å². The Morgan fingerprint density at radius 1 is 1.08 bits per heavy atom. The number of furan rings is 1. The fourth-order valence-electron chi connectivity index (χ4n) is 2.27. The molecule has 0 radical (unpaired) electrons. The Bertz CT molecular complexity index is 922. The van der Waals surface area contributed by atoms with Crippen LogP contribution in [0, 0.1) is 0 Å². The van der Waals surface area contributed by atoms with E-state index in [-0.39, 0.29) is 18.0 Å². The van der Waals surface area contributed by atoms with Gasteiger partial charge in [0.15, 0.2) is 5.76 Å². The van der Waals surface area contributed by atoms with Gasteiger partial charge in [0.05, 0.1) is 11.2 Å². The lowest BCUT2D eigenvalue weighted by Gasteiger charge is -2.08. The molecule has 0 aliphatic carbocycles. The summed E-state index contributed by atoms with van der Waals surface area (Å²) in [5.74, 6) is 0.928. The third-order valence-corrected chi connectivity index (χ3v) is 5.18. The molecule has 0 amide bonds. The minimum atomic E-state index is -3.55. The zero-order chi connectivity index (χ0) is 18.4. The van der Waals surface area contributed by atoms with Gasteiger partial charge in [-0.2, -0.15) is 0 Å². The summed E-state index contributed by atoms with van der Waals surface area (Å²) >= 11 is 0. The maximum Gasteiger partial charge on any atom is 0.240 e. The zero-order valence-corrected chi connectivity index (χ0v) is 15.1. The molecule has 0 aliphatic heterocycles. The first-order valence-electron chi connectivity index (χ1n) is 8.17. The van der Waals surface area contributed by atoms with Crippen molar-refractivity contribution in [3.05, 3.63) is 60.4 Å². The lowest BCUT2D eigenvalue weighted by atomic mass is 10.2. The summed E-state index contributed by atoms with van der Waals surface area (Å²) in [7, 11) is -3.55. The molecule has 7 nitrogen and oxygen atoms in total. The molecule has 0 atom stereocenters. The van der Waals surface area contributed by atoms with Gasteiger partial charge in [-0.05, 0) is 42.3 Å². The summed E-state index contributed by atoms with van der Waals surface area (Å²) in [5, 5.41) is 7.94. The van der Waals surface area contributed by atoms with E-state index in [0.29, 0.717) is 17.3 Å². The molecule has 3 rings (SSSR count). The van der Waals surface area contributed by atoms with Crippen molar-refractivity contribution in [3.63, 3.8) is 0 Å². The maximum absolute atomic E-state index is 12.2. The normalized spacial score (nSPS) is 11.4. The van der Waals surface area contributed by atoms with E-state index in [1.165, 1.54) is 0 Å². The monoisotopic (exact) mass is 373 g/mol. The first kappa shape index (κ1) is 18.1. The third kappa shape index (κ3) is 4.47. The molecule has 0 spiro atoms. The first-order valence-corrected chi connectivity index (χ1v) is 9.66. The number of rotatable bonds is 8. The molecule has 26 heavy (non-hydrogen) atoms. The number of nitrogens with one attached hydrogen (secondary N) is 1. The van der Waals surface area contributed by atoms with E-state index < -0.39 is 10.0 Å². The van der Waals surface area contributed by atoms with Crippen LogP contribution in [0.25, 0.3) is 11.5 Å². The molecule has 2 aromatic heterocycles. The summed E-state index contributed by atoms with van der Waals surface area (Å²) in [6, 6.07) is 13.7. The van der Waals surface area contributed by atoms with Gasteiger partial charge >= 0.3 is 0 Å². The smallest absolute Gasteiger partial charge is 0.240 e. The van der Waals surface area contributed by atoms with Gasteiger partial charge in [0, 0.05) is 12.6 Å². The zero-order valence-electron chi connectivity index (χ0n) is 14.3. The third-order valence-electron chi connectivity index (χ3n) is 3.70. The molecule has 0 saturated heterocycles. The highest BCUT2D eigenvalue weighted by Gasteiger charge is 2.13. The average Bonchev–Trinajstić information content (AvgIpc) is 3.20. The van der Waals surface area contributed by atoms with E-state index in [1.807, 2.05) is 6.92 Å². The molecular formula is C18H19N3O4S. The number of nitrogens with zero attached hydrogens (tertiary/aromatic N) is 2. The molecule has 3 aromatic rings. The van der Waals surface area contributed by atoms with Gasteiger partial charge in [0.2, 0.25) is 15.9 Å². The molecule has 8 heteroatoms. The first-order chi connectivity index (χ1) is 12.6. The fourth-order valence-corrected chi connectivity index (χ4v) is 3.29. The van der Waals surface area contributed by atoms with Crippen molar-refractivity contribution in [2.24, 2.45) is 0 Å². The molecule has 0 fully saturated rings. The van der Waals surface area contributed by atoms with Crippen LogP contribution in [-0.2, 0) is 16.4 Å². The maximum atomic E-state index is 12.2. The Morgan fingerprint density at radius 3 is 2.50 bits per heavy atom. The van der Waals surface area contributed by atoms with Crippen LogP contribution in [0.3, 0.4) is 0 Å². The van der Waals surface area contributed by atoms with Crippen molar-refractivity contribution < 1.29 is 17.6 Å². The van der Waals surface area contributed by atoms with Crippen molar-refractivity contribution in [2.45, 2.75) is 18.2 Å². The van der Waals surface area contributed by atoms with Crippen LogP contribution in [0.15, 0.2) is 64.1 Å². The Kier molecular flexibility index (Phi) is 5.65. The Morgan fingerprint density at radius 2 is 1.88 bits per heavy atom. The fraction of sp³-hybridized carbons (Fsp3) is 0.222. The van der Waals surface area contributed by atoms with Crippen LogP contribution >= 0.6 is 0 Å². The molecule has 0 bridgehead atoms. The molecule has 0 aliphatic rings. The lowest BCUT2D eigenvalue weighted by molar-refractivity contribution is 0.307. The topological polar surface area (TPSA) is 94.3 Å². The van der Waals surface area contributed by atoms with Crippen molar-refractivity contribution in [2.75, 3.05) is 13.2 Å². The number of aryl methyl sites for hydroxylation is 1. The van der Waals surface area contributed by atoms with Gasteiger partial charge in [-0.25, -0.2) is 13.1 Å². The predicted octanol–water partition coefficient (Wildman–Crippen LogP) is 2.66. The number of hydrogen-bond donors (Lipinski definition) is 1. The molecule has 0 unspecified atom stereocenters. The summed E-state index contributed by atoms with van der Waals surface area (Å²) in [5.41, 5.74) is 1.68. The van der Waals surface area contributed by atoms with E-state index in [2.05, 4.69) is 14.9 Å². The Balaban J connectivity index is 1.50. The van der Waals surface area contributed by atoms with Crippen LogP contribution in [0.1, 0.15) is 12.5 Å². The quantitative estimate of drug-likeness (QED) is 0.610. The van der Waals surface area contributed by atoms with Crippen LogP contribution < -0.4 is 9.46 Å². The van der Waals surface area contributed by atoms with E-state index in [4.69, 9.17) is 9.15 Å². The number of hydrogen-bond acceptors (Lipinski definition) is 6. The SMILES string of the molecule is CCc1ccc(S(=O)(=O)NCCOc2ccc(-c3ccco3)nn2)cc1. The van der Waals surface area contributed by atoms with Crippen LogP contribution in [0.5, 0.6) is 5.88 Å². The van der Waals surface area contributed by atoms with Crippen LogP contribution in [0.2, 0.25) is 0 Å². The highest BCUT2D eigenvalue weighted by Crippen LogP contribution is 2.17. The number of aromatic nitrogens is 2. The number of sulfonamides is 1. The predicted molar refractivity (Wildman–Crippen MR) is 96.2 cm³/mol. The van der Waals surface area contributed by atoms with Crippen molar-refractivity contribution >= 4 is 10.0 Å². The summed E-state index contributed by atoms with van der Waals surface area (Å²) in [6.07, 6.45) is 2.42. The van der Waals surface area contributed by atoms with Gasteiger partial charge in [-0.15, -0.1) is 10.2 Å². The van der Waals surface area contributed by atoms with E-state index >= 15 is 0 Å². The highest BCUT2D eigenvalue weighted by atomic mass is 32.2. The van der Waals surface area contributed by atoms with Crippen LogP contribution in [0.4, 0.5) is 0 Å². The van der Waals surface area contributed by atoms with Gasteiger partial charge in [0.1, 0.15) is 12.3 Å². The van der Waals surface area contributed by atoms with E-state index in [0.717, 1.165) is 12.0 Å². The van der Waals surface area contributed by atoms with E-state index in [1.54, 1.807) is 54.8 Å². The van der Waals surface area contributed by atoms with Gasteiger partial charge in [0.25, 0.3) is 0 Å². The molecular weight excluding hydrogens is 354 g/mol. The lowest BCUT2D eigenvalue weighted by Crippen LogP contribution is -2.28. The van der Waals surface area contributed by atoms with Gasteiger partial charge < -0.3 is 9.15 Å². The molecule has 0 saturated carbocycles. The van der Waals surface area contributed by atoms with E-state index in [9.17, 15) is 8.42 Å². The largest absolute Gasteiger partial charge is 0.475 e. The summed E-state index contributed by atoms with van der Waals surface area (Å²) < 4.78 is 37.6. The Hall–Kier alpha value is -2.71. The standard InChI is InChI=1S/C18H19N3O4S/c1-2-14-5-7-15(8-6-14)26(22,23)19-11-13-25-18-10-9-16(20-21-18)17-4-3-12-24-17/h3-10,12,19H,2,11,13H2,1H3. The van der Waals surface area contributed by atoms with Crippen LogP contribution in [-0.4, -0.2) is 31.8 Å². The minimum Gasteiger partial charge on any atom is -0.475 e. The molecule has 2 heterocycles. The second-order valence-corrected chi connectivity index (χ2v) is 7.24. The summed E-state index contributed by atoms with van der Waals surface area (Å²) in [6.45, 7) is 2.28. The van der Waals surface area contributed by atoms with Gasteiger partial charge in [-0.1, -0.05) is 19.1 Å². The second kappa shape index (κ2) is 8.11. The Labute approximate surface area is 152 Å². The average molecular weight is 373 g/mol. The molecule has 1 N–H and O–H groups in total. The highest BCUT2D eigenvalue weighted by molar-refractivity contribution is 7.89. The summed E-state index contributed by atoms with van der Waals surface area (Å²) in [4.78, 5) is 0.234. The number of ether oxygens (including phenoxy) is 1. The second-order valence-electron chi connectivity index (χ2n) is 5.48. The van der Waals surface area contributed by atoms with Gasteiger partial charge in [-0.3, -0.25) is 0 Å². The number of benzene rings is 1.